The normalized spacial score (nSPS) is 11.8. The van der Waals surface area contributed by atoms with Crippen molar-refractivity contribution in [2.24, 2.45) is 0 Å². The molecule has 0 aliphatic carbocycles. The van der Waals surface area contributed by atoms with Gasteiger partial charge in [-0.05, 0) is 13.0 Å². The van der Waals surface area contributed by atoms with E-state index in [1.54, 1.807) is 19.2 Å². The summed E-state index contributed by atoms with van der Waals surface area (Å²) in [5.74, 6) is 0. The minimum absolute atomic E-state index is 0.0826. The second kappa shape index (κ2) is 6.67. The zero-order chi connectivity index (χ0) is 13.6. The number of hydrogen-bond donors (Lipinski definition) is 2. The second-order valence-corrected chi connectivity index (χ2v) is 5.53. The molecule has 1 heterocycles. The maximum absolute atomic E-state index is 12.4. The third kappa shape index (κ3) is 3.18. The van der Waals surface area contributed by atoms with Crippen molar-refractivity contribution in [2.75, 3.05) is 31.6 Å². The van der Waals surface area contributed by atoms with Crippen molar-refractivity contribution in [1.82, 2.24) is 9.29 Å². The zero-order valence-corrected chi connectivity index (χ0v) is 11.4. The smallest absolute Gasteiger partial charge is 0.246 e. The van der Waals surface area contributed by atoms with Crippen LogP contribution in [0.1, 0.15) is 13.8 Å². The van der Waals surface area contributed by atoms with Gasteiger partial charge in [0.05, 0.1) is 12.3 Å². The topological polar surface area (TPSA) is 82.5 Å². The Kier molecular flexibility index (Phi) is 5.52. The molecule has 102 valence electrons. The van der Waals surface area contributed by atoms with Gasteiger partial charge >= 0.3 is 0 Å². The van der Waals surface area contributed by atoms with E-state index in [-0.39, 0.29) is 18.0 Å². The van der Waals surface area contributed by atoms with Gasteiger partial charge in [-0.1, -0.05) is 6.92 Å². The molecule has 0 saturated heterocycles. The van der Waals surface area contributed by atoms with E-state index in [0.29, 0.717) is 18.8 Å². The first-order chi connectivity index (χ1) is 8.57. The molecule has 7 heteroatoms. The number of rotatable bonds is 7. The highest BCUT2D eigenvalue weighted by molar-refractivity contribution is 7.89. The average Bonchev–Trinajstić information content (AvgIpc) is 2.36. The van der Waals surface area contributed by atoms with Gasteiger partial charge in [0, 0.05) is 32.0 Å². The van der Waals surface area contributed by atoms with Crippen LogP contribution in [0.5, 0.6) is 0 Å². The predicted molar refractivity (Wildman–Crippen MR) is 69.9 cm³/mol. The number of nitrogens with zero attached hydrogens (tertiary/aromatic N) is 2. The Morgan fingerprint density at radius 2 is 2.17 bits per heavy atom. The van der Waals surface area contributed by atoms with Gasteiger partial charge in [0.25, 0.3) is 0 Å². The summed E-state index contributed by atoms with van der Waals surface area (Å²) in [6, 6.07) is 1.63. The van der Waals surface area contributed by atoms with Crippen LogP contribution < -0.4 is 5.32 Å². The summed E-state index contributed by atoms with van der Waals surface area (Å²) in [5, 5.41) is 11.9. The minimum atomic E-state index is -3.62. The van der Waals surface area contributed by atoms with Gasteiger partial charge in [0.2, 0.25) is 10.0 Å². The molecule has 1 aromatic heterocycles. The Morgan fingerprint density at radius 1 is 1.44 bits per heavy atom. The summed E-state index contributed by atoms with van der Waals surface area (Å²) in [7, 11) is -3.62. The molecule has 0 bridgehead atoms. The lowest BCUT2D eigenvalue weighted by Crippen LogP contribution is -2.33. The van der Waals surface area contributed by atoms with Crippen LogP contribution in [-0.2, 0) is 10.0 Å². The molecule has 0 spiro atoms. The van der Waals surface area contributed by atoms with E-state index < -0.39 is 10.0 Å². The van der Waals surface area contributed by atoms with Gasteiger partial charge < -0.3 is 10.4 Å². The summed E-state index contributed by atoms with van der Waals surface area (Å²) < 4.78 is 26.0. The quantitative estimate of drug-likeness (QED) is 0.756. The fourth-order valence-electron chi connectivity index (χ4n) is 1.62. The molecule has 18 heavy (non-hydrogen) atoms. The van der Waals surface area contributed by atoms with Crippen molar-refractivity contribution in [3.05, 3.63) is 18.5 Å². The molecular formula is C11H19N3O3S. The van der Waals surface area contributed by atoms with E-state index in [1.165, 1.54) is 10.5 Å². The molecule has 0 saturated carbocycles. The third-order valence-electron chi connectivity index (χ3n) is 2.47. The maximum atomic E-state index is 12.4. The fraction of sp³-hybridized carbons (Fsp3) is 0.545. The van der Waals surface area contributed by atoms with Crippen LogP contribution in [0.15, 0.2) is 23.4 Å². The Morgan fingerprint density at radius 3 is 2.72 bits per heavy atom. The molecule has 6 nitrogen and oxygen atoms in total. The number of aliphatic hydroxyl groups excluding tert-OH is 1. The summed E-state index contributed by atoms with van der Waals surface area (Å²) in [6.45, 7) is 4.43. The van der Waals surface area contributed by atoms with E-state index in [9.17, 15) is 8.42 Å². The van der Waals surface area contributed by atoms with Crippen LogP contribution in [0, 0.1) is 0 Å². The lowest BCUT2D eigenvalue weighted by atomic mass is 10.4. The van der Waals surface area contributed by atoms with Crippen molar-refractivity contribution in [3.8, 4) is 0 Å². The average molecular weight is 273 g/mol. The highest BCUT2D eigenvalue weighted by atomic mass is 32.2. The van der Waals surface area contributed by atoms with Gasteiger partial charge in [0.1, 0.15) is 4.90 Å². The van der Waals surface area contributed by atoms with Crippen molar-refractivity contribution in [1.29, 1.82) is 0 Å². The first-order valence-corrected chi connectivity index (χ1v) is 7.30. The van der Waals surface area contributed by atoms with E-state index in [2.05, 4.69) is 10.3 Å². The number of aliphatic hydroxyl groups is 1. The van der Waals surface area contributed by atoms with Gasteiger partial charge in [0.15, 0.2) is 0 Å². The van der Waals surface area contributed by atoms with Crippen LogP contribution in [0.4, 0.5) is 5.69 Å². The number of hydrogen-bond acceptors (Lipinski definition) is 5. The standard InChI is InChI=1S/C11H19N3O3S/c1-3-13-10-5-6-12-9-11(10)18(16,17)14(4-2)7-8-15/h5-6,9,15H,3-4,7-8H2,1-2H3,(H,12,13). The van der Waals surface area contributed by atoms with Crippen LogP contribution in [0.25, 0.3) is 0 Å². The Balaban J connectivity index is 3.18. The van der Waals surface area contributed by atoms with E-state index in [4.69, 9.17) is 5.11 Å². The molecule has 1 aromatic rings. The van der Waals surface area contributed by atoms with Crippen LogP contribution in [0.2, 0.25) is 0 Å². The van der Waals surface area contributed by atoms with Crippen molar-refractivity contribution in [3.63, 3.8) is 0 Å². The number of nitrogens with one attached hydrogen (secondary N) is 1. The molecule has 0 fully saturated rings. The Labute approximate surface area is 108 Å². The zero-order valence-electron chi connectivity index (χ0n) is 10.6. The Hall–Kier alpha value is -1.18. The van der Waals surface area contributed by atoms with Crippen molar-refractivity contribution >= 4 is 15.7 Å². The molecule has 0 amide bonds. The number of pyridine rings is 1. The molecular weight excluding hydrogens is 254 g/mol. The minimum Gasteiger partial charge on any atom is -0.395 e. The predicted octanol–water partition coefficient (Wildman–Crippen LogP) is 0.516. The molecule has 0 unspecified atom stereocenters. The van der Waals surface area contributed by atoms with Gasteiger partial charge in [-0.15, -0.1) is 0 Å². The summed E-state index contributed by atoms with van der Waals surface area (Å²) in [4.78, 5) is 4.00. The first kappa shape index (κ1) is 14.9. The molecule has 0 atom stereocenters. The van der Waals surface area contributed by atoms with Crippen molar-refractivity contribution in [2.45, 2.75) is 18.7 Å². The first-order valence-electron chi connectivity index (χ1n) is 5.86. The number of anilines is 1. The number of sulfonamides is 1. The molecule has 0 aliphatic heterocycles. The summed E-state index contributed by atoms with van der Waals surface area (Å²) in [6.07, 6.45) is 2.87. The highest BCUT2D eigenvalue weighted by Gasteiger charge is 2.25. The highest BCUT2D eigenvalue weighted by Crippen LogP contribution is 2.23. The second-order valence-electron chi connectivity index (χ2n) is 3.62. The molecule has 0 aromatic carbocycles. The number of aromatic nitrogens is 1. The number of likely N-dealkylation sites (N-methyl/N-ethyl adjacent to an activating group) is 1. The molecule has 2 N–H and O–H groups in total. The Bertz CT molecular complexity index is 476. The van der Waals surface area contributed by atoms with E-state index in [1.807, 2.05) is 6.92 Å². The maximum Gasteiger partial charge on any atom is 0.246 e. The van der Waals surface area contributed by atoms with Gasteiger partial charge in [-0.2, -0.15) is 4.31 Å². The lowest BCUT2D eigenvalue weighted by molar-refractivity contribution is 0.257. The molecule has 0 radical (unpaired) electrons. The van der Waals surface area contributed by atoms with Crippen LogP contribution >= 0.6 is 0 Å². The monoisotopic (exact) mass is 273 g/mol. The largest absolute Gasteiger partial charge is 0.395 e. The van der Waals surface area contributed by atoms with Crippen molar-refractivity contribution < 1.29 is 13.5 Å². The summed E-state index contributed by atoms with van der Waals surface area (Å²) >= 11 is 0. The third-order valence-corrected chi connectivity index (χ3v) is 4.47. The van der Waals surface area contributed by atoms with Gasteiger partial charge in [-0.25, -0.2) is 8.42 Å². The molecule has 0 aliphatic rings. The van der Waals surface area contributed by atoms with Crippen LogP contribution in [-0.4, -0.2) is 49.1 Å². The van der Waals surface area contributed by atoms with Gasteiger partial charge in [-0.3, -0.25) is 4.98 Å². The van der Waals surface area contributed by atoms with E-state index in [0.717, 1.165) is 0 Å². The van der Waals surface area contributed by atoms with E-state index >= 15 is 0 Å². The lowest BCUT2D eigenvalue weighted by Gasteiger charge is -2.21. The fourth-order valence-corrected chi connectivity index (χ4v) is 3.17. The SMILES string of the molecule is CCNc1ccncc1S(=O)(=O)N(CC)CCO. The summed E-state index contributed by atoms with van der Waals surface area (Å²) in [5.41, 5.74) is 0.531. The molecule has 1 rings (SSSR count). The van der Waals surface area contributed by atoms with Crippen LogP contribution in [0.3, 0.4) is 0 Å².